The fourth-order valence-electron chi connectivity index (χ4n) is 3.04. The van der Waals surface area contributed by atoms with Gasteiger partial charge < -0.3 is 10.1 Å². The third kappa shape index (κ3) is 5.80. The Kier molecular flexibility index (Phi) is 9.11. The Bertz CT molecular complexity index is 667. The van der Waals surface area contributed by atoms with E-state index in [-0.39, 0.29) is 30.6 Å². The van der Waals surface area contributed by atoms with Crippen LogP contribution in [0.2, 0.25) is 0 Å². The van der Waals surface area contributed by atoms with Crippen molar-refractivity contribution in [3.8, 4) is 16.9 Å². The number of ether oxygens (including phenoxy) is 1. The van der Waals surface area contributed by atoms with Crippen molar-refractivity contribution in [2.75, 3.05) is 6.86 Å². The van der Waals surface area contributed by atoms with Crippen molar-refractivity contribution in [2.45, 2.75) is 38.3 Å². The standard InChI is InChI=1S/C18H20F2N2O.2ClH/c19-12-23-18-8-15(20)5-6-17(18)14-7-13(9-21-11-14)10-22-16-3-1-2-4-16;;/h5-9,11,16,22H,1-4,10,12H2;2*1H. The average molecular weight is 391 g/mol. The van der Waals surface area contributed by atoms with Crippen LogP contribution in [0.3, 0.4) is 0 Å². The van der Waals surface area contributed by atoms with Gasteiger partial charge in [0.1, 0.15) is 11.6 Å². The van der Waals surface area contributed by atoms with Crippen molar-refractivity contribution >= 4 is 24.8 Å². The highest BCUT2D eigenvalue weighted by molar-refractivity contribution is 5.85. The van der Waals surface area contributed by atoms with Crippen LogP contribution in [0, 0.1) is 5.82 Å². The number of benzene rings is 1. The van der Waals surface area contributed by atoms with Gasteiger partial charge >= 0.3 is 0 Å². The summed E-state index contributed by atoms with van der Waals surface area (Å²) < 4.78 is 30.7. The quantitative estimate of drug-likeness (QED) is 0.747. The zero-order valence-electron chi connectivity index (χ0n) is 13.7. The van der Waals surface area contributed by atoms with E-state index in [4.69, 9.17) is 4.74 Å². The van der Waals surface area contributed by atoms with Gasteiger partial charge in [0.2, 0.25) is 6.86 Å². The molecule has 1 saturated carbocycles. The van der Waals surface area contributed by atoms with Crippen LogP contribution >= 0.6 is 24.8 Å². The van der Waals surface area contributed by atoms with Crippen LogP contribution in [0.1, 0.15) is 31.2 Å². The van der Waals surface area contributed by atoms with Crippen LogP contribution in [0.25, 0.3) is 11.1 Å². The molecular weight excluding hydrogens is 369 g/mol. The lowest BCUT2D eigenvalue weighted by Crippen LogP contribution is -2.25. The number of halogens is 4. The van der Waals surface area contributed by atoms with Crippen LogP contribution < -0.4 is 10.1 Å². The first-order valence-corrected chi connectivity index (χ1v) is 7.92. The molecule has 1 aliphatic rings. The van der Waals surface area contributed by atoms with E-state index in [0.717, 1.165) is 17.7 Å². The molecular formula is C18H22Cl2F2N2O. The molecule has 0 atom stereocenters. The molecule has 1 aromatic heterocycles. The molecule has 0 bridgehead atoms. The number of aromatic nitrogens is 1. The highest BCUT2D eigenvalue weighted by Gasteiger charge is 2.14. The summed E-state index contributed by atoms with van der Waals surface area (Å²) in [6.45, 7) is -0.251. The summed E-state index contributed by atoms with van der Waals surface area (Å²) >= 11 is 0. The molecule has 1 aliphatic carbocycles. The van der Waals surface area contributed by atoms with Crippen LogP contribution in [0.4, 0.5) is 8.78 Å². The molecule has 7 heteroatoms. The van der Waals surface area contributed by atoms with Crippen molar-refractivity contribution in [1.29, 1.82) is 0 Å². The minimum absolute atomic E-state index is 0. The Labute approximate surface area is 159 Å². The molecule has 0 amide bonds. The molecule has 0 spiro atoms. The normalized spacial score (nSPS) is 13.8. The molecule has 1 aromatic carbocycles. The number of hydrogen-bond acceptors (Lipinski definition) is 3. The first-order chi connectivity index (χ1) is 11.3. The molecule has 25 heavy (non-hydrogen) atoms. The Hall–Kier alpha value is -1.43. The minimum atomic E-state index is -0.993. The summed E-state index contributed by atoms with van der Waals surface area (Å²) in [5.41, 5.74) is 2.48. The van der Waals surface area contributed by atoms with Crippen LogP contribution in [0.5, 0.6) is 5.75 Å². The van der Waals surface area contributed by atoms with Gasteiger partial charge in [-0.05, 0) is 36.6 Å². The predicted molar refractivity (Wildman–Crippen MR) is 99.8 cm³/mol. The lowest BCUT2D eigenvalue weighted by molar-refractivity contribution is 0.192. The molecule has 1 N–H and O–H groups in total. The van der Waals surface area contributed by atoms with E-state index in [1.54, 1.807) is 12.3 Å². The van der Waals surface area contributed by atoms with E-state index in [2.05, 4.69) is 10.3 Å². The van der Waals surface area contributed by atoms with Gasteiger partial charge in [0.05, 0.1) is 0 Å². The second kappa shape index (κ2) is 10.5. The van der Waals surface area contributed by atoms with Crippen molar-refractivity contribution in [3.05, 3.63) is 48.0 Å². The third-order valence-electron chi connectivity index (χ3n) is 4.21. The first-order valence-electron chi connectivity index (χ1n) is 7.92. The largest absolute Gasteiger partial charge is 0.462 e. The average Bonchev–Trinajstić information content (AvgIpc) is 3.07. The second-order valence-electron chi connectivity index (χ2n) is 5.84. The fourth-order valence-corrected chi connectivity index (χ4v) is 3.04. The molecule has 138 valence electrons. The number of pyridine rings is 1. The first kappa shape index (κ1) is 21.6. The number of nitrogens with one attached hydrogen (secondary N) is 1. The summed E-state index contributed by atoms with van der Waals surface area (Å²) in [7, 11) is 0. The minimum Gasteiger partial charge on any atom is -0.462 e. The van der Waals surface area contributed by atoms with Crippen molar-refractivity contribution in [1.82, 2.24) is 10.3 Å². The van der Waals surface area contributed by atoms with Crippen LogP contribution in [-0.2, 0) is 6.54 Å². The lowest BCUT2D eigenvalue weighted by atomic mass is 10.0. The van der Waals surface area contributed by atoms with E-state index >= 15 is 0 Å². The topological polar surface area (TPSA) is 34.1 Å². The molecule has 0 saturated heterocycles. The summed E-state index contributed by atoms with van der Waals surface area (Å²) in [6.07, 6.45) is 8.51. The molecule has 1 fully saturated rings. The van der Waals surface area contributed by atoms with Gasteiger partial charge in [0, 0.05) is 42.2 Å². The van der Waals surface area contributed by atoms with Gasteiger partial charge in [-0.1, -0.05) is 12.8 Å². The van der Waals surface area contributed by atoms with E-state index in [0.29, 0.717) is 11.6 Å². The Morgan fingerprint density at radius 3 is 2.60 bits per heavy atom. The van der Waals surface area contributed by atoms with E-state index in [1.165, 1.54) is 37.8 Å². The maximum atomic E-state index is 13.3. The monoisotopic (exact) mass is 390 g/mol. The van der Waals surface area contributed by atoms with Crippen LogP contribution in [-0.4, -0.2) is 17.9 Å². The van der Waals surface area contributed by atoms with Gasteiger partial charge in [-0.25, -0.2) is 8.78 Å². The fraction of sp³-hybridized carbons (Fsp3) is 0.389. The van der Waals surface area contributed by atoms with Gasteiger partial charge in [-0.15, -0.1) is 24.8 Å². The Morgan fingerprint density at radius 1 is 1.12 bits per heavy atom. The molecule has 3 nitrogen and oxygen atoms in total. The molecule has 3 rings (SSSR count). The second-order valence-corrected chi connectivity index (χ2v) is 5.84. The summed E-state index contributed by atoms with van der Waals surface area (Å²) in [5.74, 6) is -0.264. The Morgan fingerprint density at radius 2 is 1.88 bits per heavy atom. The third-order valence-corrected chi connectivity index (χ3v) is 4.21. The summed E-state index contributed by atoms with van der Waals surface area (Å²) in [6, 6.07) is 6.68. The highest BCUT2D eigenvalue weighted by atomic mass is 35.5. The maximum absolute atomic E-state index is 13.3. The number of nitrogens with zero attached hydrogens (tertiary/aromatic N) is 1. The van der Waals surface area contributed by atoms with Gasteiger partial charge in [0.15, 0.2) is 0 Å². The highest BCUT2D eigenvalue weighted by Crippen LogP contribution is 2.31. The van der Waals surface area contributed by atoms with Gasteiger partial charge in [-0.2, -0.15) is 0 Å². The number of hydrogen-bond donors (Lipinski definition) is 1. The molecule has 0 aliphatic heterocycles. The lowest BCUT2D eigenvalue weighted by Gasteiger charge is -2.13. The zero-order valence-corrected chi connectivity index (χ0v) is 15.3. The van der Waals surface area contributed by atoms with E-state index in [9.17, 15) is 8.78 Å². The van der Waals surface area contributed by atoms with Crippen LogP contribution in [0.15, 0.2) is 36.7 Å². The Balaban J connectivity index is 0.00000156. The molecule has 1 heterocycles. The number of alkyl halides is 1. The summed E-state index contributed by atoms with van der Waals surface area (Å²) in [4.78, 5) is 4.25. The van der Waals surface area contributed by atoms with Crippen molar-refractivity contribution in [3.63, 3.8) is 0 Å². The van der Waals surface area contributed by atoms with Crippen molar-refractivity contribution in [2.24, 2.45) is 0 Å². The maximum Gasteiger partial charge on any atom is 0.228 e. The SMILES string of the molecule is Cl.Cl.FCOc1cc(F)ccc1-c1cncc(CNC2CCCC2)c1. The predicted octanol–water partition coefficient (Wildman–Crippen LogP) is 5.07. The summed E-state index contributed by atoms with van der Waals surface area (Å²) in [5, 5.41) is 3.53. The molecule has 2 aromatic rings. The van der Waals surface area contributed by atoms with E-state index in [1.807, 2.05) is 12.3 Å². The molecule has 0 unspecified atom stereocenters. The van der Waals surface area contributed by atoms with Gasteiger partial charge in [-0.3, -0.25) is 4.98 Å². The zero-order chi connectivity index (χ0) is 16.1. The smallest absolute Gasteiger partial charge is 0.228 e. The van der Waals surface area contributed by atoms with Crippen molar-refractivity contribution < 1.29 is 13.5 Å². The van der Waals surface area contributed by atoms with Gasteiger partial charge in [0.25, 0.3) is 0 Å². The number of rotatable bonds is 6. The van der Waals surface area contributed by atoms with E-state index < -0.39 is 12.7 Å². The molecule has 0 radical (unpaired) electrons.